The summed E-state index contributed by atoms with van der Waals surface area (Å²) in [5.41, 5.74) is 0.557. The second-order valence-electron chi connectivity index (χ2n) is 4.63. The van der Waals surface area contributed by atoms with Crippen molar-refractivity contribution in [3.8, 4) is 0 Å². The van der Waals surface area contributed by atoms with E-state index in [-0.39, 0.29) is 18.1 Å². The average Bonchev–Trinajstić information content (AvgIpc) is 2.62. The molecule has 0 amide bonds. The second-order valence-corrected chi connectivity index (χ2v) is 7.80. The maximum absolute atomic E-state index is 11.5. The number of carboxylic acids is 1. The van der Waals surface area contributed by atoms with Gasteiger partial charge >= 0.3 is 5.97 Å². The molecule has 0 spiro atoms. The maximum Gasteiger partial charge on any atom is 0.309 e. The molecule has 1 aromatic heterocycles. The summed E-state index contributed by atoms with van der Waals surface area (Å²) in [5, 5.41) is 11.2. The van der Waals surface area contributed by atoms with E-state index in [1.54, 1.807) is 5.38 Å². The first-order chi connectivity index (χ1) is 8.44. The van der Waals surface area contributed by atoms with E-state index in [1.165, 1.54) is 11.3 Å². The summed E-state index contributed by atoms with van der Waals surface area (Å²) in [6.07, 6.45) is 2.20. The van der Waals surface area contributed by atoms with Crippen LogP contribution in [0.4, 0.5) is 0 Å². The Kier molecular flexibility index (Phi) is 4.01. The van der Waals surface area contributed by atoms with Crippen molar-refractivity contribution in [1.82, 2.24) is 4.98 Å². The zero-order valence-electron chi connectivity index (χ0n) is 9.83. The zero-order chi connectivity index (χ0) is 13.2. The van der Waals surface area contributed by atoms with Crippen LogP contribution in [0.5, 0.6) is 0 Å². The first-order valence-electron chi connectivity index (χ1n) is 5.80. The first kappa shape index (κ1) is 13.5. The molecule has 2 rings (SSSR count). The molecule has 0 aliphatic carbocycles. The Morgan fingerprint density at radius 2 is 2.33 bits per heavy atom. The van der Waals surface area contributed by atoms with Gasteiger partial charge in [0, 0.05) is 11.8 Å². The third kappa shape index (κ3) is 3.78. The predicted octanol–water partition coefficient (Wildman–Crippen LogP) is 1.14. The Balaban J connectivity index is 1.97. The van der Waals surface area contributed by atoms with Crippen molar-refractivity contribution >= 4 is 27.1 Å². The molecule has 0 saturated carbocycles. The van der Waals surface area contributed by atoms with Gasteiger partial charge in [0.15, 0.2) is 9.84 Å². The van der Waals surface area contributed by atoms with Crippen molar-refractivity contribution in [2.75, 3.05) is 11.5 Å². The molecule has 1 aliphatic rings. The number of thiazole rings is 1. The topological polar surface area (TPSA) is 84.3 Å². The van der Waals surface area contributed by atoms with Crippen LogP contribution >= 0.6 is 11.3 Å². The Labute approximate surface area is 110 Å². The number of sulfone groups is 1. The minimum atomic E-state index is -2.88. The second kappa shape index (κ2) is 5.36. The van der Waals surface area contributed by atoms with Crippen LogP contribution in [-0.4, -0.2) is 36.0 Å². The SMILES string of the molecule is O=C(O)Cc1csc(CC2CCCS(=O)(=O)C2)n1. The Bertz CT molecular complexity index is 535. The van der Waals surface area contributed by atoms with Gasteiger partial charge in [-0.2, -0.15) is 0 Å². The van der Waals surface area contributed by atoms with Crippen LogP contribution in [0, 0.1) is 5.92 Å². The predicted molar refractivity (Wildman–Crippen MR) is 68.5 cm³/mol. The summed E-state index contributed by atoms with van der Waals surface area (Å²) >= 11 is 1.42. The number of nitrogens with zero attached hydrogens (tertiary/aromatic N) is 1. The minimum Gasteiger partial charge on any atom is -0.481 e. The molecular formula is C11H15NO4S2. The van der Waals surface area contributed by atoms with Crippen LogP contribution in [0.3, 0.4) is 0 Å². The fraction of sp³-hybridized carbons (Fsp3) is 0.636. The smallest absolute Gasteiger partial charge is 0.309 e. The number of rotatable bonds is 4. The standard InChI is InChI=1S/C11H15NO4S2/c13-11(14)5-9-6-17-10(12-9)4-8-2-1-3-18(15,16)7-8/h6,8H,1-5,7H2,(H,13,14). The highest BCUT2D eigenvalue weighted by Crippen LogP contribution is 2.24. The summed E-state index contributed by atoms with van der Waals surface area (Å²) in [6, 6.07) is 0. The first-order valence-corrected chi connectivity index (χ1v) is 8.50. The Hall–Kier alpha value is -0.950. The van der Waals surface area contributed by atoms with E-state index in [2.05, 4.69) is 4.98 Å². The van der Waals surface area contributed by atoms with Crippen molar-refractivity contribution < 1.29 is 18.3 Å². The third-order valence-electron chi connectivity index (χ3n) is 2.95. The molecule has 1 N–H and O–H groups in total. The summed E-state index contributed by atoms with van der Waals surface area (Å²) in [6.45, 7) is 0. The molecule has 1 aromatic rings. The minimum absolute atomic E-state index is 0.0700. The largest absolute Gasteiger partial charge is 0.481 e. The quantitative estimate of drug-likeness (QED) is 0.898. The molecule has 1 fully saturated rings. The third-order valence-corrected chi connectivity index (χ3v) is 5.76. The number of aromatic nitrogens is 1. The van der Waals surface area contributed by atoms with Crippen LogP contribution in [0.2, 0.25) is 0 Å². The molecule has 7 heteroatoms. The van der Waals surface area contributed by atoms with Gasteiger partial charge in [-0.05, 0) is 18.8 Å². The summed E-state index contributed by atoms with van der Waals surface area (Å²) < 4.78 is 23.0. The van der Waals surface area contributed by atoms with Crippen molar-refractivity contribution in [1.29, 1.82) is 0 Å². The molecule has 1 aliphatic heterocycles. The molecular weight excluding hydrogens is 274 g/mol. The summed E-state index contributed by atoms with van der Waals surface area (Å²) in [4.78, 5) is 14.8. The van der Waals surface area contributed by atoms with Crippen LogP contribution in [0.25, 0.3) is 0 Å². The molecule has 2 heterocycles. The van der Waals surface area contributed by atoms with Gasteiger partial charge in [-0.25, -0.2) is 13.4 Å². The van der Waals surface area contributed by atoms with Gasteiger partial charge in [-0.1, -0.05) is 0 Å². The van der Waals surface area contributed by atoms with E-state index in [0.29, 0.717) is 17.9 Å². The molecule has 0 bridgehead atoms. The van der Waals surface area contributed by atoms with Gasteiger partial charge in [0.25, 0.3) is 0 Å². The van der Waals surface area contributed by atoms with E-state index < -0.39 is 15.8 Å². The monoisotopic (exact) mass is 289 g/mol. The molecule has 1 unspecified atom stereocenters. The number of carboxylic acid groups (broad SMARTS) is 1. The zero-order valence-corrected chi connectivity index (χ0v) is 11.5. The summed E-state index contributed by atoms with van der Waals surface area (Å²) in [7, 11) is -2.88. The fourth-order valence-electron chi connectivity index (χ4n) is 2.20. The van der Waals surface area contributed by atoms with E-state index in [1.807, 2.05) is 0 Å². The van der Waals surface area contributed by atoms with Crippen LogP contribution in [0.15, 0.2) is 5.38 Å². The highest BCUT2D eigenvalue weighted by atomic mass is 32.2. The van der Waals surface area contributed by atoms with Gasteiger partial charge in [-0.15, -0.1) is 11.3 Å². The number of hydrogen-bond donors (Lipinski definition) is 1. The lowest BCUT2D eigenvalue weighted by molar-refractivity contribution is -0.136. The highest BCUT2D eigenvalue weighted by Gasteiger charge is 2.25. The molecule has 1 saturated heterocycles. The number of aliphatic carboxylic acids is 1. The molecule has 1 atom stereocenters. The Morgan fingerprint density at radius 3 is 3.00 bits per heavy atom. The van der Waals surface area contributed by atoms with Gasteiger partial charge in [0.1, 0.15) is 0 Å². The molecule has 18 heavy (non-hydrogen) atoms. The molecule has 5 nitrogen and oxygen atoms in total. The molecule has 0 aromatic carbocycles. The van der Waals surface area contributed by atoms with Crippen molar-refractivity contribution in [2.24, 2.45) is 5.92 Å². The van der Waals surface area contributed by atoms with E-state index in [4.69, 9.17) is 5.11 Å². The van der Waals surface area contributed by atoms with Crippen molar-refractivity contribution in [3.05, 3.63) is 16.1 Å². The lowest BCUT2D eigenvalue weighted by Gasteiger charge is -2.20. The summed E-state index contributed by atoms with van der Waals surface area (Å²) in [5.74, 6) is -0.230. The Morgan fingerprint density at radius 1 is 1.56 bits per heavy atom. The van der Waals surface area contributed by atoms with Crippen molar-refractivity contribution in [2.45, 2.75) is 25.7 Å². The average molecular weight is 289 g/mol. The van der Waals surface area contributed by atoms with Crippen LogP contribution < -0.4 is 0 Å². The lowest BCUT2D eigenvalue weighted by atomic mass is 10.0. The number of hydrogen-bond acceptors (Lipinski definition) is 5. The normalized spacial score (nSPS) is 22.8. The van der Waals surface area contributed by atoms with Gasteiger partial charge in [0.2, 0.25) is 0 Å². The van der Waals surface area contributed by atoms with Crippen LogP contribution in [0.1, 0.15) is 23.5 Å². The van der Waals surface area contributed by atoms with Crippen molar-refractivity contribution in [3.63, 3.8) is 0 Å². The number of carbonyl (C=O) groups is 1. The van der Waals surface area contributed by atoms with Gasteiger partial charge in [-0.3, -0.25) is 4.79 Å². The van der Waals surface area contributed by atoms with E-state index in [0.717, 1.165) is 17.8 Å². The lowest BCUT2D eigenvalue weighted by Crippen LogP contribution is -2.26. The highest BCUT2D eigenvalue weighted by molar-refractivity contribution is 7.91. The van der Waals surface area contributed by atoms with E-state index >= 15 is 0 Å². The van der Waals surface area contributed by atoms with Crippen LogP contribution in [-0.2, 0) is 27.5 Å². The van der Waals surface area contributed by atoms with Gasteiger partial charge < -0.3 is 5.11 Å². The molecule has 0 radical (unpaired) electrons. The maximum atomic E-state index is 11.5. The van der Waals surface area contributed by atoms with Gasteiger partial charge in [0.05, 0.1) is 28.6 Å². The van der Waals surface area contributed by atoms with E-state index in [9.17, 15) is 13.2 Å². The fourth-order valence-corrected chi connectivity index (χ4v) is 4.89. The molecule has 100 valence electrons.